The van der Waals surface area contributed by atoms with Crippen molar-refractivity contribution in [3.05, 3.63) is 58.4 Å². The minimum Gasteiger partial charge on any atom is -0.479 e. The minimum absolute atomic E-state index is 0.207. The molecule has 1 heterocycles. The summed E-state index contributed by atoms with van der Waals surface area (Å²) >= 11 is 6.16. The number of aliphatic hydroxyl groups excluding tert-OH is 1. The van der Waals surface area contributed by atoms with Gasteiger partial charge in [0.15, 0.2) is 12.8 Å². The van der Waals surface area contributed by atoms with E-state index in [4.69, 9.17) is 21.4 Å². The van der Waals surface area contributed by atoms with Gasteiger partial charge in [-0.15, -0.1) is 13.2 Å². The lowest BCUT2D eigenvalue weighted by molar-refractivity contribution is -0.274. The van der Waals surface area contributed by atoms with E-state index in [0.29, 0.717) is 36.9 Å². The zero-order valence-electron chi connectivity index (χ0n) is 20.4. The predicted molar refractivity (Wildman–Crippen MR) is 130 cm³/mol. The molecule has 8 nitrogen and oxygen atoms in total. The summed E-state index contributed by atoms with van der Waals surface area (Å²) in [6.45, 7) is -0.816. The van der Waals surface area contributed by atoms with Crippen molar-refractivity contribution in [2.45, 2.75) is 62.8 Å². The van der Waals surface area contributed by atoms with Crippen LogP contribution in [0.5, 0.6) is 5.75 Å². The van der Waals surface area contributed by atoms with Gasteiger partial charge in [0.1, 0.15) is 11.6 Å². The average molecular weight is 573 g/mol. The molecule has 210 valence electrons. The standard InChI is InChI=1S/C26H25ClF4N2O6/c27-18-11-21-17(10-19(18)28)23(32(14-6-7-14)25(37)38-12-22(34)35)16-2-1-3-20(16)33(21)24(36)13-4-8-15(9-5-13)39-26(29,30)31/h4-5,8-11,14,16,20,23-24,36H,1-3,6-7,12H2,(H,34,35). The molecule has 13 heteroatoms. The molecule has 39 heavy (non-hydrogen) atoms. The van der Waals surface area contributed by atoms with Crippen LogP contribution in [0, 0.1) is 11.7 Å². The molecule has 0 spiro atoms. The van der Waals surface area contributed by atoms with Crippen LogP contribution in [-0.4, -0.2) is 52.2 Å². The summed E-state index contributed by atoms with van der Waals surface area (Å²) in [4.78, 5) is 27.3. The fourth-order valence-electron chi connectivity index (χ4n) is 5.82. The lowest BCUT2D eigenvalue weighted by atomic mass is 9.81. The fourth-order valence-corrected chi connectivity index (χ4v) is 5.97. The maximum absolute atomic E-state index is 14.9. The number of alkyl halides is 3. The number of benzene rings is 2. The van der Waals surface area contributed by atoms with Crippen molar-refractivity contribution < 1.29 is 46.8 Å². The number of amides is 1. The van der Waals surface area contributed by atoms with Gasteiger partial charge in [0.25, 0.3) is 0 Å². The second-order valence-electron chi connectivity index (χ2n) is 9.92. The van der Waals surface area contributed by atoms with E-state index in [1.165, 1.54) is 29.2 Å². The summed E-state index contributed by atoms with van der Waals surface area (Å²) in [5, 5.41) is 20.3. The molecule has 1 amide bonds. The highest BCUT2D eigenvalue weighted by Crippen LogP contribution is 2.55. The predicted octanol–water partition coefficient (Wildman–Crippen LogP) is 5.78. The maximum atomic E-state index is 14.9. The molecule has 1 aliphatic heterocycles. The summed E-state index contributed by atoms with van der Waals surface area (Å²) in [6, 6.07) is 6.20. The quantitative estimate of drug-likeness (QED) is 0.406. The van der Waals surface area contributed by atoms with Gasteiger partial charge in [-0.05, 0) is 49.9 Å². The summed E-state index contributed by atoms with van der Waals surface area (Å²) < 4.78 is 61.6. The molecule has 2 saturated carbocycles. The van der Waals surface area contributed by atoms with E-state index >= 15 is 0 Å². The first-order valence-corrected chi connectivity index (χ1v) is 12.8. The Balaban J connectivity index is 1.55. The van der Waals surface area contributed by atoms with Crippen LogP contribution in [-0.2, 0) is 9.53 Å². The Morgan fingerprint density at radius 2 is 1.82 bits per heavy atom. The van der Waals surface area contributed by atoms with E-state index < -0.39 is 48.9 Å². The Hall–Kier alpha value is -3.25. The summed E-state index contributed by atoms with van der Waals surface area (Å²) in [7, 11) is 0. The second-order valence-corrected chi connectivity index (χ2v) is 10.3. The van der Waals surface area contributed by atoms with E-state index in [1.807, 2.05) is 0 Å². The number of rotatable bonds is 7. The lowest BCUT2D eigenvalue weighted by Crippen LogP contribution is -2.52. The molecule has 2 aromatic rings. The molecule has 0 radical (unpaired) electrons. The number of carboxylic acid groups (broad SMARTS) is 1. The first-order chi connectivity index (χ1) is 18.4. The lowest BCUT2D eigenvalue weighted by Gasteiger charge is -2.49. The highest BCUT2D eigenvalue weighted by molar-refractivity contribution is 6.31. The Labute approximate surface area is 225 Å². The Morgan fingerprint density at radius 1 is 1.13 bits per heavy atom. The number of carbonyl (C=O) groups excluding carboxylic acids is 1. The molecule has 4 atom stereocenters. The number of nitrogens with zero attached hydrogens (tertiary/aromatic N) is 2. The van der Waals surface area contributed by atoms with Crippen molar-refractivity contribution in [3.63, 3.8) is 0 Å². The number of anilines is 1. The molecular formula is C26H25ClF4N2O6. The SMILES string of the molecule is O=C(O)COC(=O)N(C1CC1)C1c2cc(F)c(Cl)cc2N(C(O)c2ccc(OC(F)(F)F)cc2)C2CCCC12. The van der Waals surface area contributed by atoms with Crippen LogP contribution >= 0.6 is 11.6 Å². The van der Waals surface area contributed by atoms with Crippen LogP contribution in [0.3, 0.4) is 0 Å². The molecule has 2 fully saturated rings. The first-order valence-electron chi connectivity index (χ1n) is 12.4. The van der Waals surface area contributed by atoms with E-state index in [2.05, 4.69) is 4.74 Å². The van der Waals surface area contributed by atoms with Crippen LogP contribution in [0.1, 0.15) is 55.5 Å². The highest BCUT2D eigenvalue weighted by atomic mass is 35.5. The zero-order chi connectivity index (χ0) is 28.1. The molecule has 0 bridgehead atoms. The molecule has 3 aliphatic rings. The number of halogens is 5. The number of ether oxygens (including phenoxy) is 2. The monoisotopic (exact) mass is 572 g/mol. The molecule has 4 unspecified atom stereocenters. The van der Waals surface area contributed by atoms with E-state index in [9.17, 15) is 32.3 Å². The third kappa shape index (κ3) is 5.58. The van der Waals surface area contributed by atoms with Gasteiger partial charge in [0.05, 0.1) is 11.1 Å². The molecule has 0 aromatic heterocycles. The van der Waals surface area contributed by atoms with Gasteiger partial charge < -0.3 is 24.6 Å². The maximum Gasteiger partial charge on any atom is 0.573 e. The number of aliphatic carboxylic acids is 1. The summed E-state index contributed by atoms with van der Waals surface area (Å²) in [5.74, 6) is -2.74. The average Bonchev–Trinajstić information content (AvgIpc) is 3.58. The van der Waals surface area contributed by atoms with Crippen LogP contribution in [0.2, 0.25) is 5.02 Å². The molecule has 2 N–H and O–H groups in total. The molecule has 5 rings (SSSR count). The van der Waals surface area contributed by atoms with Crippen molar-refractivity contribution >= 4 is 29.4 Å². The van der Waals surface area contributed by atoms with Gasteiger partial charge >= 0.3 is 18.4 Å². The highest BCUT2D eigenvalue weighted by Gasteiger charge is 2.52. The van der Waals surface area contributed by atoms with Gasteiger partial charge in [-0.1, -0.05) is 30.2 Å². The van der Waals surface area contributed by atoms with Gasteiger partial charge in [0, 0.05) is 34.8 Å². The third-order valence-electron chi connectivity index (χ3n) is 7.41. The minimum atomic E-state index is -4.86. The number of carbonyl (C=O) groups is 2. The van der Waals surface area contributed by atoms with Crippen molar-refractivity contribution in [2.24, 2.45) is 5.92 Å². The number of aliphatic hydroxyl groups is 1. The van der Waals surface area contributed by atoms with E-state index in [1.54, 1.807) is 4.90 Å². The molecular weight excluding hydrogens is 548 g/mol. The van der Waals surface area contributed by atoms with Gasteiger partial charge in [-0.25, -0.2) is 14.0 Å². The van der Waals surface area contributed by atoms with E-state index in [0.717, 1.165) is 18.6 Å². The Morgan fingerprint density at radius 3 is 2.44 bits per heavy atom. The van der Waals surface area contributed by atoms with Gasteiger partial charge in [-0.3, -0.25) is 4.90 Å². The van der Waals surface area contributed by atoms with E-state index in [-0.39, 0.29) is 28.6 Å². The second kappa shape index (κ2) is 10.4. The van der Waals surface area contributed by atoms with Crippen molar-refractivity contribution in [1.82, 2.24) is 4.90 Å². The largest absolute Gasteiger partial charge is 0.573 e. The van der Waals surface area contributed by atoms with Crippen molar-refractivity contribution in [2.75, 3.05) is 11.5 Å². The number of hydrogen-bond acceptors (Lipinski definition) is 6. The Kier molecular flexibility index (Phi) is 7.27. The molecule has 0 saturated heterocycles. The summed E-state index contributed by atoms with van der Waals surface area (Å²) in [5.41, 5.74) is 1.03. The van der Waals surface area contributed by atoms with Crippen LogP contribution < -0.4 is 9.64 Å². The van der Waals surface area contributed by atoms with Gasteiger partial charge in [-0.2, -0.15) is 0 Å². The molecule has 2 aromatic carbocycles. The first kappa shape index (κ1) is 27.3. The number of hydrogen-bond donors (Lipinski definition) is 2. The summed E-state index contributed by atoms with van der Waals surface area (Å²) in [6.07, 6.45) is -3.66. The number of fused-ring (bicyclic) bond motifs is 2. The molecule has 2 aliphatic carbocycles. The van der Waals surface area contributed by atoms with Crippen LogP contribution in [0.15, 0.2) is 36.4 Å². The third-order valence-corrected chi connectivity index (χ3v) is 7.70. The van der Waals surface area contributed by atoms with Crippen molar-refractivity contribution in [1.29, 1.82) is 0 Å². The number of carboxylic acids is 1. The van der Waals surface area contributed by atoms with Gasteiger partial charge in [0.2, 0.25) is 0 Å². The topological polar surface area (TPSA) is 99.5 Å². The zero-order valence-corrected chi connectivity index (χ0v) is 21.2. The Bertz CT molecular complexity index is 1260. The fraction of sp³-hybridized carbons (Fsp3) is 0.462. The van der Waals surface area contributed by atoms with Crippen molar-refractivity contribution in [3.8, 4) is 5.75 Å². The van der Waals surface area contributed by atoms with Crippen LogP contribution in [0.4, 0.5) is 28.0 Å². The smallest absolute Gasteiger partial charge is 0.479 e. The normalized spacial score (nSPS) is 23.0. The van der Waals surface area contributed by atoms with Crippen LogP contribution in [0.25, 0.3) is 0 Å².